The highest BCUT2D eigenvalue weighted by molar-refractivity contribution is 5.41. The number of aryl methyl sites for hydroxylation is 1. The van der Waals surface area contributed by atoms with E-state index in [1.807, 2.05) is 19.1 Å². The van der Waals surface area contributed by atoms with E-state index >= 15 is 0 Å². The largest absolute Gasteiger partial charge is 0.392 e. The number of hydrogen-bond donors (Lipinski definition) is 1. The van der Waals surface area contributed by atoms with Crippen LogP contribution in [0.3, 0.4) is 0 Å². The van der Waals surface area contributed by atoms with Crippen molar-refractivity contribution in [3.8, 4) is 0 Å². The number of rotatable bonds is 5. The quantitative estimate of drug-likeness (QED) is 0.831. The summed E-state index contributed by atoms with van der Waals surface area (Å²) in [5, 5.41) is 9.15. The standard InChI is InChI=1S/C13H22N2O/c1-5-10(2)8-15(4)13-7-12(9-16)6-11(3)14-13/h6-7,10,16H,5,8-9H2,1-4H3. The molecule has 0 amide bonds. The van der Waals surface area contributed by atoms with Crippen molar-refractivity contribution in [3.63, 3.8) is 0 Å². The lowest BCUT2D eigenvalue weighted by atomic mass is 10.1. The van der Waals surface area contributed by atoms with Gasteiger partial charge in [0.25, 0.3) is 0 Å². The summed E-state index contributed by atoms with van der Waals surface area (Å²) in [6.45, 7) is 7.46. The van der Waals surface area contributed by atoms with Gasteiger partial charge in [-0.1, -0.05) is 20.3 Å². The lowest BCUT2D eigenvalue weighted by molar-refractivity contribution is 0.281. The van der Waals surface area contributed by atoms with Gasteiger partial charge in [-0.25, -0.2) is 4.98 Å². The summed E-state index contributed by atoms with van der Waals surface area (Å²) in [7, 11) is 2.05. The fraction of sp³-hybridized carbons (Fsp3) is 0.615. The highest BCUT2D eigenvalue weighted by atomic mass is 16.3. The molecule has 0 saturated heterocycles. The van der Waals surface area contributed by atoms with Crippen molar-refractivity contribution >= 4 is 5.82 Å². The Morgan fingerprint density at radius 3 is 2.69 bits per heavy atom. The normalized spacial score (nSPS) is 12.6. The van der Waals surface area contributed by atoms with Gasteiger partial charge in [0, 0.05) is 19.3 Å². The number of anilines is 1. The average Bonchev–Trinajstić information content (AvgIpc) is 2.27. The summed E-state index contributed by atoms with van der Waals surface area (Å²) in [6.07, 6.45) is 1.17. The molecule has 0 aromatic carbocycles. The van der Waals surface area contributed by atoms with Crippen molar-refractivity contribution in [2.24, 2.45) is 5.92 Å². The zero-order valence-electron chi connectivity index (χ0n) is 10.7. The smallest absolute Gasteiger partial charge is 0.128 e. The molecule has 1 aromatic heterocycles. The molecular formula is C13H22N2O. The number of nitrogens with zero attached hydrogens (tertiary/aromatic N) is 2. The van der Waals surface area contributed by atoms with Crippen LogP contribution in [-0.2, 0) is 6.61 Å². The van der Waals surface area contributed by atoms with Crippen LogP contribution in [0.2, 0.25) is 0 Å². The van der Waals surface area contributed by atoms with E-state index in [0.29, 0.717) is 5.92 Å². The van der Waals surface area contributed by atoms with E-state index in [2.05, 4.69) is 30.8 Å². The molecule has 16 heavy (non-hydrogen) atoms. The van der Waals surface area contributed by atoms with Crippen LogP contribution in [0.1, 0.15) is 31.5 Å². The van der Waals surface area contributed by atoms with Gasteiger partial charge in [0.2, 0.25) is 0 Å². The third-order valence-corrected chi connectivity index (χ3v) is 2.86. The summed E-state index contributed by atoms with van der Waals surface area (Å²) >= 11 is 0. The summed E-state index contributed by atoms with van der Waals surface area (Å²) in [4.78, 5) is 6.64. The summed E-state index contributed by atoms with van der Waals surface area (Å²) in [6, 6.07) is 3.87. The molecule has 0 radical (unpaired) electrons. The first kappa shape index (κ1) is 13.0. The molecular weight excluding hydrogens is 200 g/mol. The first-order valence-corrected chi connectivity index (χ1v) is 5.86. The molecule has 0 fully saturated rings. The Labute approximate surface area is 98.1 Å². The Morgan fingerprint density at radius 2 is 2.12 bits per heavy atom. The van der Waals surface area contributed by atoms with Gasteiger partial charge in [-0.3, -0.25) is 0 Å². The predicted octanol–water partition coefficient (Wildman–Crippen LogP) is 2.36. The van der Waals surface area contributed by atoms with Crippen molar-refractivity contribution in [1.29, 1.82) is 0 Å². The van der Waals surface area contributed by atoms with Gasteiger partial charge in [-0.2, -0.15) is 0 Å². The fourth-order valence-electron chi connectivity index (χ4n) is 1.70. The van der Waals surface area contributed by atoms with Crippen LogP contribution in [0, 0.1) is 12.8 Å². The molecule has 0 aliphatic rings. The molecule has 0 bridgehead atoms. The van der Waals surface area contributed by atoms with Crippen LogP contribution in [0.15, 0.2) is 12.1 Å². The second-order valence-electron chi connectivity index (χ2n) is 4.53. The minimum atomic E-state index is 0.0769. The molecule has 0 aliphatic carbocycles. The number of aliphatic hydroxyl groups is 1. The first-order chi connectivity index (χ1) is 7.56. The maximum atomic E-state index is 9.15. The molecule has 1 rings (SSSR count). The van der Waals surface area contributed by atoms with Gasteiger partial charge in [0.15, 0.2) is 0 Å². The molecule has 1 N–H and O–H groups in total. The van der Waals surface area contributed by atoms with E-state index in [0.717, 1.165) is 23.6 Å². The number of pyridine rings is 1. The van der Waals surface area contributed by atoms with Crippen LogP contribution < -0.4 is 4.90 Å². The van der Waals surface area contributed by atoms with Crippen molar-refractivity contribution < 1.29 is 5.11 Å². The second-order valence-corrected chi connectivity index (χ2v) is 4.53. The van der Waals surface area contributed by atoms with E-state index < -0.39 is 0 Å². The lowest BCUT2D eigenvalue weighted by Gasteiger charge is -2.22. The van der Waals surface area contributed by atoms with E-state index in [4.69, 9.17) is 5.11 Å². The fourth-order valence-corrected chi connectivity index (χ4v) is 1.70. The topological polar surface area (TPSA) is 36.4 Å². The highest BCUT2D eigenvalue weighted by Crippen LogP contribution is 2.15. The van der Waals surface area contributed by atoms with Crippen molar-refractivity contribution in [2.45, 2.75) is 33.8 Å². The lowest BCUT2D eigenvalue weighted by Crippen LogP contribution is -2.24. The van der Waals surface area contributed by atoms with E-state index in [-0.39, 0.29) is 6.61 Å². The molecule has 3 heteroatoms. The number of aliphatic hydroxyl groups excluding tert-OH is 1. The maximum Gasteiger partial charge on any atom is 0.128 e. The molecule has 1 aromatic rings. The number of hydrogen-bond acceptors (Lipinski definition) is 3. The van der Waals surface area contributed by atoms with Gasteiger partial charge < -0.3 is 10.0 Å². The maximum absolute atomic E-state index is 9.15. The number of aromatic nitrogens is 1. The summed E-state index contributed by atoms with van der Waals surface area (Å²) < 4.78 is 0. The monoisotopic (exact) mass is 222 g/mol. The van der Waals surface area contributed by atoms with Crippen molar-refractivity contribution in [1.82, 2.24) is 4.98 Å². The first-order valence-electron chi connectivity index (χ1n) is 5.86. The van der Waals surface area contributed by atoms with E-state index in [1.54, 1.807) is 0 Å². The van der Waals surface area contributed by atoms with Crippen LogP contribution in [0.25, 0.3) is 0 Å². The van der Waals surface area contributed by atoms with Crippen LogP contribution in [0.5, 0.6) is 0 Å². The Bertz CT molecular complexity index is 339. The Kier molecular flexibility index (Phi) is 4.74. The van der Waals surface area contributed by atoms with Gasteiger partial charge in [0.1, 0.15) is 5.82 Å². The zero-order chi connectivity index (χ0) is 12.1. The molecule has 1 heterocycles. The van der Waals surface area contributed by atoms with Crippen molar-refractivity contribution in [2.75, 3.05) is 18.5 Å². The zero-order valence-corrected chi connectivity index (χ0v) is 10.7. The van der Waals surface area contributed by atoms with Crippen LogP contribution in [-0.4, -0.2) is 23.7 Å². The third-order valence-electron chi connectivity index (χ3n) is 2.86. The Balaban J connectivity index is 2.82. The molecule has 3 nitrogen and oxygen atoms in total. The Hall–Kier alpha value is -1.09. The summed E-state index contributed by atoms with van der Waals surface area (Å²) in [5.41, 5.74) is 1.89. The van der Waals surface area contributed by atoms with Gasteiger partial charge in [0.05, 0.1) is 6.61 Å². The molecule has 1 unspecified atom stereocenters. The van der Waals surface area contributed by atoms with Gasteiger partial charge >= 0.3 is 0 Å². The average molecular weight is 222 g/mol. The minimum Gasteiger partial charge on any atom is -0.392 e. The molecule has 1 atom stereocenters. The molecule has 0 aliphatic heterocycles. The van der Waals surface area contributed by atoms with Crippen LogP contribution >= 0.6 is 0 Å². The predicted molar refractivity (Wildman–Crippen MR) is 67.6 cm³/mol. The summed E-state index contributed by atoms with van der Waals surface area (Å²) in [5.74, 6) is 1.61. The van der Waals surface area contributed by atoms with Crippen molar-refractivity contribution in [3.05, 3.63) is 23.4 Å². The SMILES string of the molecule is CCC(C)CN(C)c1cc(CO)cc(C)n1. The van der Waals surface area contributed by atoms with Crippen LogP contribution in [0.4, 0.5) is 5.82 Å². The molecule has 90 valence electrons. The minimum absolute atomic E-state index is 0.0769. The van der Waals surface area contributed by atoms with E-state index in [1.165, 1.54) is 6.42 Å². The molecule has 0 saturated carbocycles. The van der Waals surface area contributed by atoms with Gasteiger partial charge in [-0.15, -0.1) is 0 Å². The highest BCUT2D eigenvalue weighted by Gasteiger charge is 2.08. The second kappa shape index (κ2) is 5.85. The Morgan fingerprint density at radius 1 is 1.44 bits per heavy atom. The third kappa shape index (κ3) is 3.49. The van der Waals surface area contributed by atoms with E-state index in [9.17, 15) is 0 Å². The van der Waals surface area contributed by atoms with Gasteiger partial charge in [-0.05, 0) is 30.5 Å². The molecule has 0 spiro atoms.